The molecule has 0 aromatic carbocycles. The number of ether oxygens (including phenoxy) is 1. The van der Waals surface area contributed by atoms with E-state index in [1.807, 2.05) is 32.6 Å². The number of nitrogens with one attached hydrogen (secondary N) is 1. The van der Waals surface area contributed by atoms with Crippen LogP contribution in [-0.4, -0.2) is 33.0 Å². The van der Waals surface area contributed by atoms with E-state index in [9.17, 15) is 0 Å². The van der Waals surface area contributed by atoms with E-state index in [2.05, 4.69) is 26.9 Å². The van der Waals surface area contributed by atoms with Gasteiger partial charge in [-0.15, -0.1) is 0 Å². The van der Waals surface area contributed by atoms with Gasteiger partial charge in [0.15, 0.2) is 0 Å². The van der Waals surface area contributed by atoms with Crippen molar-refractivity contribution in [1.82, 2.24) is 19.3 Å². The third-order valence-electron chi connectivity index (χ3n) is 2.94. The molecule has 0 fully saturated rings. The van der Waals surface area contributed by atoms with E-state index < -0.39 is 0 Å². The Morgan fingerprint density at radius 1 is 1.42 bits per heavy atom. The summed E-state index contributed by atoms with van der Waals surface area (Å²) in [5.41, 5.74) is 2.13. The first kappa shape index (κ1) is 13.6. The van der Waals surface area contributed by atoms with Crippen LogP contribution in [0.4, 0.5) is 5.95 Å². The van der Waals surface area contributed by atoms with Gasteiger partial charge in [0.05, 0.1) is 24.5 Å². The molecule has 2 aromatic rings. The summed E-state index contributed by atoms with van der Waals surface area (Å²) >= 11 is 0. The van der Waals surface area contributed by atoms with Crippen molar-refractivity contribution < 1.29 is 4.74 Å². The van der Waals surface area contributed by atoms with Gasteiger partial charge in [0.25, 0.3) is 0 Å². The number of hydrogen-bond donors (Lipinski definition) is 1. The summed E-state index contributed by atoms with van der Waals surface area (Å²) in [6, 6.07) is 0.252. The third kappa shape index (κ3) is 3.35. The topological polar surface area (TPSA) is 56.9 Å². The smallest absolute Gasteiger partial charge is 0.203 e. The van der Waals surface area contributed by atoms with E-state index in [0.717, 1.165) is 17.2 Å². The monoisotopic (exact) mass is 263 g/mol. The quantitative estimate of drug-likeness (QED) is 0.862. The summed E-state index contributed by atoms with van der Waals surface area (Å²) in [6.45, 7) is 5.48. The second-order valence-electron chi connectivity index (χ2n) is 4.79. The van der Waals surface area contributed by atoms with E-state index >= 15 is 0 Å². The third-order valence-corrected chi connectivity index (χ3v) is 2.94. The molecule has 1 N–H and O–H groups in total. The van der Waals surface area contributed by atoms with Crippen molar-refractivity contribution in [2.24, 2.45) is 7.05 Å². The average Bonchev–Trinajstić information content (AvgIpc) is 2.93. The van der Waals surface area contributed by atoms with Crippen molar-refractivity contribution in [3.63, 3.8) is 0 Å². The molecule has 0 spiro atoms. The Bertz CT molecular complexity index is 531. The maximum absolute atomic E-state index is 5.20. The fourth-order valence-electron chi connectivity index (χ4n) is 2.05. The van der Waals surface area contributed by atoms with Gasteiger partial charge in [-0.2, -0.15) is 5.10 Å². The van der Waals surface area contributed by atoms with Crippen LogP contribution in [0.1, 0.15) is 24.2 Å². The minimum Gasteiger partial charge on any atom is -0.383 e. The van der Waals surface area contributed by atoms with Gasteiger partial charge in [-0.05, 0) is 13.8 Å². The fourth-order valence-corrected chi connectivity index (χ4v) is 2.05. The second kappa shape index (κ2) is 5.88. The van der Waals surface area contributed by atoms with Crippen molar-refractivity contribution in [1.29, 1.82) is 0 Å². The van der Waals surface area contributed by atoms with Gasteiger partial charge in [-0.3, -0.25) is 4.68 Å². The molecule has 6 nitrogen and oxygen atoms in total. The van der Waals surface area contributed by atoms with E-state index in [1.165, 1.54) is 0 Å². The molecule has 0 bridgehead atoms. The highest BCUT2D eigenvalue weighted by molar-refractivity contribution is 5.30. The minimum atomic E-state index is 0.252. The van der Waals surface area contributed by atoms with Gasteiger partial charge in [0.2, 0.25) is 5.95 Å². The Hall–Kier alpha value is -1.82. The van der Waals surface area contributed by atoms with E-state index in [4.69, 9.17) is 4.74 Å². The van der Waals surface area contributed by atoms with E-state index in [1.54, 1.807) is 11.8 Å². The molecule has 2 heterocycles. The molecule has 0 aliphatic rings. The number of nitrogens with zero attached hydrogens (tertiary/aromatic N) is 4. The lowest BCUT2D eigenvalue weighted by Gasteiger charge is -2.15. The number of rotatable bonds is 6. The van der Waals surface area contributed by atoms with E-state index in [0.29, 0.717) is 13.2 Å². The lowest BCUT2D eigenvalue weighted by molar-refractivity contribution is 0.163. The Morgan fingerprint density at radius 2 is 2.21 bits per heavy atom. The van der Waals surface area contributed by atoms with E-state index in [-0.39, 0.29) is 6.04 Å². The summed E-state index contributed by atoms with van der Waals surface area (Å²) in [6.07, 6.45) is 5.88. The maximum Gasteiger partial charge on any atom is 0.203 e. The fraction of sp³-hybridized carbons (Fsp3) is 0.538. The predicted molar refractivity (Wildman–Crippen MR) is 74.1 cm³/mol. The molecule has 6 heteroatoms. The number of aromatic nitrogens is 4. The maximum atomic E-state index is 5.20. The van der Waals surface area contributed by atoms with Crippen LogP contribution in [-0.2, 0) is 18.3 Å². The van der Waals surface area contributed by atoms with Gasteiger partial charge in [-0.1, -0.05) is 0 Å². The lowest BCUT2D eigenvalue weighted by atomic mass is 10.3. The highest BCUT2D eigenvalue weighted by atomic mass is 16.5. The molecule has 104 valence electrons. The normalized spacial score (nSPS) is 12.6. The molecule has 2 aromatic heterocycles. The molecule has 0 saturated heterocycles. The first-order chi connectivity index (χ1) is 9.10. The average molecular weight is 263 g/mol. The van der Waals surface area contributed by atoms with Crippen LogP contribution >= 0.6 is 0 Å². The van der Waals surface area contributed by atoms with Crippen LogP contribution in [0, 0.1) is 6.92 Å². The van der Waals surface area contributed by atoms with Gasteiger partial charge in [-0.25, -0.2) is 4.98 Å². The molecular formula is C13H21N5O. The SMILES string of the molecule is COCC(C)n1cc(C)nc1NCc1cnn(C)c1. The second-order valence-corrected chi connectivity index (χ2v) is 4.79. The van der Waals surface area contributed by atoms with Crippen molar-refractivity contribution in [2.75, 3.05) is 19.0 Å². The standard InChI is InChI=1S/C13H21N5O/c1-10-7-18(11(2)9-19-4)13(16-10)14-5-12-6-15-17(3)8-12/h6-8,11H,5,9H2,1-4H3,(H,14,16). The van der Waals surface area contributed by atoms with Crippen LogP contribution in [0.3, 0.4) is 0 Å². The van der Waals surface area contributed by atoms with Gasteiger partial charge >= 0.3 is 0 Å². The van der Waals surface area contributed by atoms with Crippen molar-refractivity contribution in [2.45, 2.75) is 26.4 Å². The van der Waals surface area contributed by atoms with Gasteiger partial charge in [0, 0.05) is 38.7 Å². The molecule has 0 aliphatic carbocycles. The molecule has 19 heavy (non-hydrogen) atoms. The van der Waals surface area contributed by atoms with Gasteiger partial charge < -0.3 is 14.6 Å². The summed E-state index contributed by atoms with van der Waals surface area (Å²) in [4.78, 5) is 4.50. The van der Waals surface area contributed by atoms with Crippen LogP contribution in [0.25, 0.3) is 0 Å². The zero-order chi connectivity index (χ0) is 13.8. The number of hydrogen-bond acceptors (Lipinski definition) is 4. The van der Waals surface area contributed by atoms with Crippen LogP contribution in [0.2, 0.25) is 0 Å². The van der Waals surface area contributed by atoms with Crippen LogP contribution < -0.4 is 5.32 Å². The molecule has 0 aliphatic heterocycles. The first-order valence-electron chi connectivity index (χ1n) is 6.36. The van der Waals surface area contributed by atoms with Gasteiger partial charge in [0.1, 0.15) is 0 Å². The number of methoxy groups -OCH3 is 1. The summed E-state index contributed by atoms with van der Waals surface area (Å²) in [5, 5.41) is 7.50. The molecule has 1 atom stereocenters. The van der Waals surface area contributed by atoms with Crippen molar-refractivity contribution in [3.8, 4) is 0 Å². The Kier molecular flexibility index (Phi) is 4.21. The lowest BCUT2D eigenvalue weighted by Crippen LogP contribution is -2.14. The molecule has 0 radical (unpaired) electrons. The molecule has 2 rings (SSSR count). The van der Waals surface area contributed by atoms with Crippen LogP contribution in [0.5, 0.6) is 0 Å². The number of anilines is 1. The largest absolute Gasteiger partial charge is 0.383 e. The summed E-state index contributed by atoms with van der Waals surface area (Å²) in [5.74, 6) is 0.867. The predicted octanol–water partition coefficient (Wildman–Crippen LogP) is 1.74. The van der Waals surface area contributed by atoms with Crippen molar-refractivity contribution in [3.05, 3.63) is 29.8 Å². The van der Waals surface area contributed by atoms with Crippen LogP contribution in [0.15, 0.2) is 18.6 Å². The summed E-state index contributed by atoms with van der Waals surface area (Å²) < 4.78 is 9.10. The Balaban J connectivity index is 2.07. The highest BCUT2D eigenvalue weighted by Crippen LogP contribution is 2.16. The minimum absolute atomic E-state index is 0.252. The molecule has 1 unspecified atom stereocenters. The number of imidazole rings is 1. The highest BCUT2D eigenvalue weighted by Gasteiger charge is 2.11. The number of aryl methyl sites for hydroxylation is 2. The van der Waals surface area contributed by atoms with Crippen molar-refractivity contribution >= 4 is 5.95 Å². The Labute approximate surface area is 113 Å². The zero-order valence-corrected chi connectivity index (χ0v) is 11.9. The summed E-state index contributed by atoms with van der Waals surface area (Å²) in [7, 11) is 3.62. The Morgan fingerprint density at radius 3 is 2.84 bits per heavy atom. The molecule has 0 amide bonds. The molecule has 0 saturated carbocycles. The zero-order valence-electron chi connectivity index (χ0n) is 11.9. The molecular weight excluding hydrogens is 242 g/mol. The first-order valence-corrected chi connectivity index (χ1v) is 6.36.